The first-order chi connectivity index (χ1) is 13.7. The van der Waals surface area contributed by atoms with Crippen LogP contribution in [-0.4, -0.2) is 81.5 Å². The Labute approximate surface area is 181 Å². The van der Waals surface area contributed by atoms with Gasteiger partial charge in [-0.25, -0.2) is 13.1 Å². The minimum Gasteiger partial charge on any atom is -0.309 e. The minimum absolute atomic E-state index is 0. The van der Waals surface area contributed by atoms with Crippen LogP contribution in [0.1, 0.15) is 6.42 Å². The van der Waals surface area contributed by atoms with Gasteiger partial charge in [0.2, 0.25) is 0 Å². The minimum atomic E-state index is -8.54. The molecular formula is C12H14ClF15N2O2S. The van der Waals surface area contributed by atoms with Crippen LogP contribution in [0.4, 0.5) is 65.9 Å². The first kappa shape index (κ1) is 34.3. The Balaban J connectivity index is 0. The van der Waals surface area contributed by atoms with E-state index in [1.807, 2.05) is 0 Å². The third-order valence-electron chi connectivity index (χ3n) is 3.71. The van der Waals surface area contributed by atoms with Crippen LogP contribution < -0.4 is 4.72 Å². The van der Waals surface area contributed by atoms with Gasteiger partial charge in [-0.3, -0.25) is 0 Å². The lowest BCUT2D eigenvalue weighted by Gasteiger charge is -2.41. The van der Waals surface area contributed by atoms with Gasteiger partial charge < -0.3 is 4.90 Å². The summed E-state index contributed by atoms with van der Waals surface area (Å²) in [6, 6.07) is 0. The average Bonchev–Trinajstić information content (AvgIpc) is 2.56. The van der Waals surface area contributed by atoms with Gasteiger partial charge in [-0.15, -0.1) is 12.4 Å². The molecule has 0 fully saturated rings. The van der Waals surface area contributed by atoms with Crippen molar-refractivity contribution in [1.29, 1.82) is 0 Å². The van der Waals surface area contributed by atoms with Gasteiger partial charge in [0.15, 0.2) is 0 Å². The lowest BCUT2D eigenvalue weighted by molar-refractivity contribution is -0.447. The molecule has 0 saturated heterocycles. The summed E-state index contributed by atoms with van der Waals surface area (Å²) >= 11 is 0. The zero-order valence-corrected chi connectivity index (χ0v) is 17.5. The number of hydrogen-bond donors (Lipinski definition) is 1. The monoisotopic (exact) mass is 570 g/mol. The van der Waals surface area contributed by atoms with E-state index in [1.165, 1.54) is 19.0 Å². The normalized spacial score (nSPS) is 15.6. The van der Waals surface area contributed by atoms with Crippen LogP contribution in [0, 0.1) is 0 Å². The molecule has 0 rings (SSSR count). The molecule has 21 heteroatoms. The third kappa shape index (κ3) is 5.36. The summed E-state index contributed by atoms with van der Waals surface area (Å²) in [6.45, 7) is -1.33. The van der Waals surface area contributed by atoms with Gasteiger partial charge in [0.25, 0.3) is 10.0 Å². The standard InChI is InChI=1S/C12H13F15N2O2S.ClH/c1-29(2)5-3-4-28-32(30,31)12(26,27)10(21,22)8(17,18)6(13,14)7(15,16)9(19,20)11(23,24)25;/h28H,3-5H2,1-2H3;1H. The second kappa shape index (κ2) is 9.63. The fourth-order valence-electron chi connectivity index (χ4n) is 1.81. The molecule has 0 radical (unpaired) electrons. The Morgan fingerprint density at radius 3 is 1.30 bits per heavy atom. The highest BCUT2D eigenvalue weighted by molar-refractivity contribution is 7.90. The highest BCUT2D eigenvalue weighted by Crippen LogP contribution is 2.62. The molecule has 1 N–H and O–H groups in total. The molecule has 0 aromatic rings. The van der Waals surface area contributed by atoms with Gasteiger partial charge in [-0.2, -0.15) is 65.9 Å². The lowest BCUT2D eigenvalue weighted by atomic mass is 9.94. The summed E-state index contributed by atoms with van der Waals surface area (Å²) in [5, 5.41) is -7.38. The smallest absolute Gasteiger partial charge is 0.309 e. The summed E-state index contributed by atoms with van der Waals surface area (Å²) in [5.41, 5.74) is 0. The number of nitrogens with zero attached hydrogens (tertiary/aromatic N) is 1. The van der Waals surface area contributed by atoms with Crippen LogP contribution >= 0.6 is 12.4 Å². The van der Waals surface area contributed by atoms with Gasteiger partial charge in [-0.1, -0.05) is 0 Å². The molecule has 0 amide bonds. The Kier molecular flexibility index (Phi) is 10.0. The molecule has 4 nitrogen and oxygen atoms in total. The molecule has 0 aromatic heterocycles. The molecule has 0 bridgehead atoms. The molecule has 0 aromatic carbocycles. The number of nitrogens with one attached hydrogen (secondary N) is 1. The van der Waals surface area contributed by atoms with E-state index in [0.717, 1.165) is 0 Å². The van der Waals surface area contributed by atoms with Crippen molar-refractivity contribution in [3.8, 4) is 0 Å². The average molecular weight is 571 g/mol. The Hall–Kier alpha value is -0.890. The fourth-order valence-corrected chi connectivity index (χ4v) is 2.87. The maximum atomic E-state index is 13.6. The molecule has 0 atom stereocenters. The largest absolute Gasteiger partial charge is 0.460 e. The summed E-state index contributed by atoms with van der Waals surface area (Å²) < 4.78 is 218. The summed E-state index contributed by atoms with van der Waals surface area (Å²) in [4.78, 5) is 1.28. The molecule has 0 spiro atoms. The van der Waals surface area contributed by atoms with Crippen molar-refractivity contribution in [2.45, 2.75) is 47.5 Å². The van der Waals surface area contributed by atoms with E-state index in [2.05, 4.69) is 0 Å². The van der Waals surface area contributed by atoms with E-state index in [-0.39, 0.29) is 19.0 Å². The predicted octanol–water partition coefficient (Wildman–Crippen LogP) is 4.61. The lowest BCUT2D eigenvalue weighted by Crippen LogP contribution is -2.73. The Morgan fingerprint density at radius 1 is 0.636 bits per heavy atom. The van der Waals surface area contributed by atoms with Gasteiger partial charge in [0, 0.05) is 6.54 Å². The molecule has 0 saturated carbocycles. The molecule has 202 valence electrons. The van der Waals surface area contributed by atoms with Crippen LogP contribution in [0.15, 0.2) is 0 Å². The fraction of sp³-hybridized carbons (Fsp3) is 1.00. The van der Waals surface area contributed by atoms with Crippen LogP contribution in [0.25, 0.3) is 0 Å². The van der Waals surface area contributed by atoms with E-state index in [1.54, 1.807) is 0 Å². The zero-order valence-electron chi connectivity index (χ0n) is 15.9. The highest BCUT2D eigenvalue weighted by Gasteiger charge is 2.94. The molecule has 0 heterocycles. The number of hydrogen-bond acceptors (Lipinski definition) is 3. The van der Waals surface area contributed by atoms with Gasteiger partial charge >= 0.3 is 41.0 Å². The van der Waals surface area contributed by atoms with Crippen molar-refractivity contribution < 1.29 is 74.3 Å². The molecular weight excluding hydrogens is 557 g/mol. The summed E-state index contributed by atoms with van der Waals surface area (Å²) in [6.07, 6.45) is -8.19. The van der Waals surface area contributed by atoms with E-state index < -0.39 is 64.0 Å². The van der Waals surface area contributed by atoms with E-state index >= 15 is 0 Å². The van der Waals surface area contributed by atoms with E-state index in [4.69, 9.17) is 0 Å². The Morgan fingerprint density at radius 2 is 0.970 bits per heavy atom. The number of rotatable bonds is 11. The predicted molar refractivity (Wildman–Crippen MR) is 83.1 cm³/mol. The van der Waals surface area contributed by atoms with Crippen molar-refractivity contribution in [2.75, 3.05) is 27.2 Å². The number of sulfonamides is 1. The quantitative estimate of drug-likeness (QED) is 0.292. The van der Waals surface area contributed by atoms with Crippen LogP contribution in [0.2, 0.25) is 0 Å². The maximum absolute atomic E-state index is 13.6. The summed E-state index contributed by atoms with van der Waals surface area (Å²) in [5.74, 6) is -41.6. The van der Waals surface area contributed by atoms with Gasteiger partial charge in [0.1, 0.15) is 0 Å². The van der Waals surface area contributed by atoms with Crippen LogP contribution in [0.5, 0.6) is 0 Å². The molecule has 0 aliphatic carbocycles. The van der Waals surface area contributed by atoms with Crippen molar-refractivity contribution in [1.82, 2.24) is 9.62 Å². The first-order valence-corrected chi connectivity index (χ1v) is 9.12. The molecule has 33 heavy (non-hydrogen) atoms. The van der Waals surface area contributed by atoms with Crippen molar-refractivity contribution in [2.24, 2.45) is 0 Å². The van der Waals surface area contributed by atoms with E-state index in [0.29, 0.717) is 4.72 Å². The van der Waals surface area contributed by atoms with Crippen molar-refractivity contribution >= 4 is 22.4 Å². The second-order valence-corrected chi connectivity index (χ2v) is 8.25. The topological polar surface area (TPSA) is 49.4 Å². The molecule has 0 unspecified atom stereocenters. The molecule has 0 aliphatic heterocycles. The van der Waals surface area contributed by atoms with E-state index in [9.17, 15) is 74.3 Å². The zero-order chi connectivity index (χ0) is 26.4. The first-order valence-electron chi connectivity index (χ1n) is 7.64. The second-order valence-electron chi connectivity index (χ2n) is 6.44. The maximum Gasteiger partial charge on any atom is 0.460 e. The highest BCUT2D eigenvalue weighted by atomic mass is 35.5. The van der Waals surface area contributed by atoms with Crippen molar-refractivity contribution in [3.63, 3.8) is 0 Å². The number of halogens is 16. The van der Waals surface area contributed by atoms with Crippen molar-refractivity contribution in [3.05, 3.63) is 0 Å². The third-order valence-corrected chi connectivity index (χ3v) is 5.23. The Bertz CT molecular complexity index is 767. The molecule has 0 aliphatic rings. The van der Waals surface area contributed by atoms with Crippen LogP contribution in [0.3, 0.4) is 0 Å². The van der Waals surface area contributed by atoms with Gasteiger partial charge in [-0.05, 0) is 27.1 Å². The number of alkyl halides is 15. The van der Waals surface area contributed by atoms with Crippen LogP contribution in [-0.2, 0) is 10.0 Å². The van der Waals surface area contributed by atoms with Gasteiger partial charge in [0.05, 0.1) is 0 Å². The summed E-state index contributed by atoms with van der Waals surface area (Å²) in [7, 11) is -4.40. The SMILES string of the molecule is CN(C)CCCNS(=O)(=O)C(F)(F)C(F)(F)C(F)(F)C(F)(F)C(F)(F)C(F)(F)C(F)(F)F.Cl.